The van der Waals surface area contributed by atoms with E-state index in [0.717, 1.165) is 12.1 Å². The van der Waals surface area contributed by atoms with E-state index in [0.29, 0.717) is 0 Å². The molecule has 0 bridgehead atoms. The third-order valence-electron chi connectivity index (χ3n) is 2.29. The molecule has 1 aromatic carbocycles. The fourth-order valence-electron chi connectivity index (χ4n) is 1.28. The lowest BCUT2D eigenvalue weighted by Crippen LogP contribution is -2.34. The number of nitrogens with one attached hydrogen (secondary N) is 1. The van der Waals surface area contributed by atoms with Crippen LogP contribution in [-0.2, 0) is 14.9 Å². The number of carboxylic acids is 1. The van der Waals surface area contributed by atoms with E-state index < -0.39 is 37.9 Å². The monoisotopic (exact) mass is 305 g/mol. The minimum absolute atomic E-state index is 0.181. The molecule has 0 atom stereocenters. The molecule has 0 saturated carbocycles. The molecule has 0 aliphatic rings. The molecule has 0 unspecified atom stereocenters. The van der Waals surface area contributed by atoms with E-state index in [1.165, 1.54) is 6.92 Å². The van der Waals surface area contributed by atoms with Gasteiger partial charge < -0.3 is 5.11 Å². The quantitative estimate of drug-likeness (QED) is 0.828. The van der Waals surface area contributed by atoms with Gasteiger partial charge in [0.15, 0.2) is 0 Å². The molecule has 0 aromatic heterocycles. The number of hydrogen-bond donors (Lipinski definition) is 2. The average Bonchev–Trinajstić information content (AvgIpc) is 2.28. The van der Waals surface area contributed by atoms with Crippen LogP contribution < -0.4 is 4.89 Å². The van der Waals surface area contributed by atoms with Crippen molar-refractivity contribution in [1.82, 2.24) is 4.89 Å². The lowest BCUT2D eigenvalue weighted by atomic mass is 10.1. The van der Waals surface area contributed by atoms with Crippen molar-refractivity contribution in [1.29, 1.82) is 0 Å². The number of rotatable bonds is 4. The first-order valence-corrected chi connectivity index (χ1v) is 7.15. The Morgan fingerprint density at radius 2 is 1.90 bits per heavy atom. The second-order valence-corrected chi connectivity index (χ2v) is 6.80. The fraction of sp³-hybridized carbons (Fsp3) is 0.417. The first-order chi connectivity index (χ1) is 8.94. The van der Waals surface area contributed by atoms with E-state index in [1.54, 1.807) is 20.8 Å². The molecule has 0 fully saturated rings. The molecule has 6 nitrogen and oxygen atoms in total. The Bertz CT molecular complexity index is 634. The number of sulfonamides is 1. The van der Waals surface area contributed by atoms with Crippen molar-refractivity contribution in [3.63, 3.8) is 0 Å². The van der Waals surface area contributed by atoms with Gasteiger partial charge in [0.1, 0.15) is 5.82 Å². The van der Waals surface area contributed by atoms with Crippen LogP contribution in [0.4, 0.5) is 4.39 Å². The van der Waals surface area contributed by atoms with Gasteiger partial charge >= 0.3 is 5.97 Å². The molecule has 0 amide bonds. The maximum absolute atomic E-state index is 13.6. The summed E-state index contributed by atoms with van der Waals surface area (Å²) in [6, 6.07) is 1.65. The van der Waals surface area contributed by atoms with Gasteiger partial charge in [-0.05, 0) is 39.8 Å². The van der Waals surface area contributed by atoms with Crippen LogP contribution in [0, 0.1) is 12.7 Å². The number of benzene rings is 1. The van der Waals surface area contributed by atoms with Gasteiger partial charge in [-0.25, -0.2) is 17.6 Å². The summed E-state index contributed by atoms with van der Waals surface area (Å²) in [6.45, 7) is 6.11. The van der Waals surface area contributed by atoms with E-state index >= 15 is 0 Å². The van der Waals surface area contributed by atoms with Crippen LogP contribution in [0.1, 0.15) is 36.7 Å². The lowest BCUT2D eigenvalue weighted by Gasteiger charge is -2.19. The van der Waals surface area contributed by atoms with E-state index in [9.17, 15) is 17.6 Å². The van der Waals surface area contributed by atoms with E-state index in [-0.39, 0.29) is 5.56 Å². The van der Waals surface area contributed by atoms with Crippen LogP contribution in [0.25, 0.3) is 0 Å². The van der Waals surface area contributed by atoms with Gasteiger partial charge in [-0.15, -0.1) is 0 Å². The number of aromatic carboxylic acids is 1. The summed E-state index contributed by atoms with van der Waals surface area (Å²) in [7, 11) is -4.18. The largest absolute Gasteiger partial charge is 0.478 e. The van der Waals surface area contributed by atoms with Crippen molar-refractivity contribution >= 4 is 16.0 Å². The summed E-state index contributed by atoms with van der Waals surface area (Å²) in [4.78, 5) is 17.2. The van der Waals surface area contributed by atoms with Crippen molar-refractivity contribution in [3.05, 3.63) is 29.1 Å². The number of hydrogen-bond acceptors (Lipinski definition) is 4. The normalized spacial score (nSPS) is 12.4. The van der Waals surface area contributed by atoms with Crippen molar-refractivity contribution in [2.75, 3.05) is 0 Å². The van der Waals surface area contributed by atoms with Gasteiger partial charge in [-0.2, -0.15) is 0 Å². The zero-order valence-electron chi connectivity index (χ0n) is 11.5. The average molecular weight is 305 g/mol. The molecule has 0 spiro atoms. The minimum Gasteiger partial charge on any atom is -0.478 e. The third-order valence-corrected chi connectivity index (χ3v) is 3.60. The molecule has 1 rings (SSSR count). The van der Waals surface area contributed by atoms with Crippen LogP contribution in [-0.4, -0.2) is 25.1 Å². The van der Waals surface area contributed by atoms with Gasteiger partial charge in [-0.3, -0.25) is 4.84 Å². The highest BCUT2D eigenvalue weighted by molar-refractivity contribution is 7.89. The molecule has 0 aliphatic heterocycles. The molecule has 0 radical (unpaired) electrons. The van der Waals surface area contributed by atoms with Gasteiger partial charge in [0.25, 0.3) is 10.0 Å². The highest BCUT2D eigenvalue weighted by atomic mass is 32.2. The highest BCUT2D eigenvalue weighted by Crippen LogP contribution is 2.21. The van der Waals surface area contributed by atoms with Crippen LogP contribution in [0.5, 0.6) is 0 Å². The Morgan fingerprint density at radius 1 is 1.35 bits per heavy atom. The Hall–Kier alpha value is -1.51. The maximum Gasteiger partial charge on any atom is 0.335 e. The predicted octanol–water partition coefficient (Wildman–Crippen LogP) is 1.84. The summed E-state index contributed by atoms with van der Waals surface area (Å²) < 4.78 is 37.7. The SMILES string of the molecule is Cc1c(F)cc(C(=O)O)cc1S(=O)(=O)NOC(C)(C)C. The second kappa shape index (κ2) is 5.47. The Balaban J connectivity index is 3.27. The van der Waals surface area contributed by atoms with E-state index in [2.05, 4.69) is 0 Å². The summed E-state index contributed by atoms with van der Waals surface area (Å²) in [5.41, 5.74) is -1.42. The third kappa shape index (κ3) is 3.99. The predicted molar refractivity (Wildman–Crippen MR) is 69.3 cm³/mol. The Labute approximate surface area is 116 Å². The second-order valence-electron chi connectivity index (χ2n) is 5.19. The molecule has 0 heterocycles. The number of carboxylic acid groups (broad SMARTS) is 1. The van der Waals surface area contributed by atoms with Crippen molar-refractivity contribution in [2.45, 2.75) is 38.2 Å². The van der Waals surface area contributed by atoms with Crippen molar-refractivity contribution in [2.24, 2.45) is 0 Å². The zero-order chi connectivity index (χ0) is 15.7. The first kappa shape index (κ1) is 16.5. The standard InChI is InChI=1S/C12H16FNO5S/c1-7-9(13)5-8(11(15)16)6-10(7)20(17,18)14-19-12(2,3)4/h5-6,14H,1-4H3,(H,15,16). The fourth-order valence-corrected chi connectivity index (χ4v) is 2.51. The summed E-state index contributed by atoms with van der Waals surface area (Å²) in [5.74, 6) is -2.34. The molecule has 0 aliphatic carbocycles. The highest BCUT2D eigenvalue weighted by Gasteiger charge is 2.24. The molecule has 1 aromatic rings. The van der Waals surface area contributed by atoms with Crippen molar-refractivity contribution in [3.8, 4) is 0 Å². The Morgan fingerprint density at radius 3 is 2.35 bits per heavy atom. The molecule has 0 saturated heterocycles. The molecule has 8 heteroatoms. The van der Waals surface area contributed by atoms with Gasteiger partial charge in [0, 0.05) is 5.56 Å². The van der Waals surface area contributed by atoms with E-state index in [1.807, 2.05) is 4.89 Å². The summed E-state index contributed by atoms with van der Waals surface area (Å²) in [6.07, 6.45) is 0. The van der Waals surface area contributed by atoms with Crippen LogP contribution in [0.15, 0.2) is 17.0 Å². The van der Waals surface area contributed by atoms with Crippen molar-refractivity contribution < 1.29 is 27.5 Å². The van der Waals surface area contributed by atoms with Crippen LogP contribution in [0.3, 0.4) is 0 Å². The first-order valence-electron chi connectivity index (χ1n) is 5.67. The minimum atomic E-state index is -4.18. The maximum atomic E-state index is 13.6. The zero-order valence-corrected chi connectivity index (χ0v) is 12.3. The topological polar surface area (TPSA) is 92.7 Å². The molecular formula is C12H16FNO5S. The molecule has 20 heavy (non-hydrogen) atoms. The van der Waals surface area contributed by atoms with E-state index in [4.69, 9.17) is 9.94 Å². The lowest BCUT2D eigenvalue weighted by molar-refractivity contribution is -0.0358. The number of carbonyl (C=O) groups is 1. The van der Waals surface area contributed by atoms with Gasteiger partial charge in [0.2, 0.25) is 0 Å². The summed E-state index contributed by atoms with van der Waals surface area (Å²) in [5, 5.41) is 8.84. The molecule has 112 valence electrons. The van der Waals surface area contributed by atoms with Gasteiger partial charge in [0.05, 0.1) is 16.1 Å². The summed E-state index contributed by atoms with van der Waals surface area (Å²) >= 11 is 0. The van der Waals surface area contributed by atoms with Gasteiger partial charge in [-0.1, -0.05) is 4.89 Å². The van der Waals surface area contributed by atoms with Crippen LogP contribution in [0.2, 0.25) is 0 Å². The van der Waals surface area contributed by atoms with Crippen LogP contribution >= 0.6 is 0 Å². The Kier molecular flexibility index (Phi) is 4.52. The molecular weight excluding hydrogens is 289 g/mol. The number of halogens is 1. The smallest absolute Gasteiger partial charge is 0.335 e. The molecule has 2 N–H and O–H groups in total.